The molecule has 1 N–H and O–H groups in total. The zero-order valence-electron chi connectivity index (χ0n) is 18.8. The third-order valence-electron chi connectivity index (χ3n) is 5.43. The molecular weight excluding hydrogens is 458 g/mol. The first-order chi connectivity index (χ1) is 17.3. The molecule has 0 spiro atoms. The molecule has 5 aromatic rings. The number of carbonyl (C=O) groups excluding carboxylic acids is 1. The van der Waals surface area contributed by atoms with Gasteiger partial charge in [0.2, 0.25) is 11.7 Å². The summed E-state index contributed by atoms with van der Waals surface area (Å²) in [4.78, 5) is 17.3. The Hall–Kier alpha value is -4.17. The Labute approximate surface area is 207 Å². The van der Waals surface area contributed by atoms with E-state index in [1.165, 1.54) is 11.8 Å². The van der Waals surface area contributed by atoms with Gasteiger partial charge >= 0.3 is 0 Å². The lowest BCUT2D eigenvalue weighted by Crippen LogP contribution is -2.30. The third-order valence-corrected chi connectivity index (χ3v) is 6.40. The van der Waals surface area contributed by atoms with E-state index in [4.69, 9.17) is 4.42 Å². The summed E-state index contributed by atoms with van der Waals surface area (Å²) in [6, 6.07) is 27.1. The number of thioether (sulfide) groups is 1. The Kier molecular flexibility index (Phi) is 7.00. The van der Waals surface area contributed by atoms with E-state index in [0.717, 1.165) is 16.7 Å². The smallest absolute Gasteiger partial charge is 0.231 e. The average Bonchev–Trinajstić information content (AvgIpc) is 3.58. The quantitative estimate of drug-likeness (QED) is 0.299. The van der Waals surface area contributed by atoms with Gasteiger partial charge < -0.3 is 9.73 Å². The molecule has 35 heavy (non-hydrogen) atoms. The lowest BCUT2D eigenvalue weighted by molar-refractivity contribution is -0.119. The van der Waals surface area contributed by atoms with E-state index in [1.807, 2.05) is 89.5 Å². The maximum Gasteiger partial charge on any atom is 0.231 e. The highest BCUT2D eigenvalue weighted by molar-refractivity contribution is 7.99. The third kappa shape index (κ3) is 5.50. The largest absolute Gasteiger partial charge is 0.461 e. The van der Waals surface area contributed by atoms with Gasteiger partial charge in [0.1, 0.15) is 0 Å². The number of hydrogen-bond donors (Lipinski definition) is 1. The molecule has 0 bridgehead atoms. The van der Waals surface area contributed by atoms with E-state index in [0.29, 0.717) is 23.3 Å². The number of rotatable bonds is 9. The normalized spacial score (nSPS) is 11.8. The first-order valence-electron chi connectivity index (χ1n) is 11.2. The summed E-state index contributed by atoms with van der Waals surface area (Å²) in [6.07, 6.45) is 5.11. The van der Waals surface area contributed by atoms with Gasteiger partial charge in [0.25, 0.3) is 0 Å². The highest BCUT2D eigenvalue weighted by atomic mass is 32.2. The molecule has 5 rings (SSSR count). The Morgan fingerprint density at radius 2 is 1.69 bits per heavy atom. The Bertz CT molecular complexity index is 1320. The van der Waals surface area contributed by atoms with Gasteiger partial charge in [-0.05, 0) is 34.9 Å². The molecule has 1 unspecified atom stereocenters. The molecule has 0 saturated heterocycles. The molecule has 3 heterocycles. The van der Waals surface area contributed by atoms with Crippen molar-refractivity contribution in [2.75, 3.05) is 5.75 Å². The molecule has 0 saturated carbocycles. The Morgan fingerprint density at radius 1 is 0.914 bits per heavy atom. The highest BCUT2D eigenvalue weighted by Gasteiger charge is 2.20. The second-order valence-electron chi connectivity index (χ2n) is 7.84. The number of carbonyl (C=O) groups is 1. The van der Waals surface area contributed by atoms with Gasteiger partial charge in [-0.2, -0.15) is 0 Å². The van der Waals surface area contributed by atoms with Gasteiger partial charge in [-0.15, -0.1) is 10.2 Å². The van der Waals surface area contributed by atoms with Crippen LogP contribution in [0.2, 0.25) is 0 Å². The summed E-state index contributed by atoms with van der Waals surface area (Å²) in [5.74, 6) is 1.33. The van der Waals surface area contributed by atoms with Crippen molar-refractivity contribution < 1.29 is 9.21 Å². The highest BCUT2D eigenvalue weighted by Crippen LogP contribution is 2.26. The molecule has 3 aromatic heterocycles. The molecule has 0 aliphatic rings. The second kappa shape index (κ2) is 10.8. The maximum atomic E-state index is 13.1. The Balaban J connectivity index is 1.34. The lowest BCUT2D eigenvalue weighted by Gasteiger charge is -2.19. The van der Waals surface area contributed by atoms with Gasteiger partial charge in [-0.3, -0.25) is 14.3 Å². The van der Waals surface area contributed by atoms with Crippen molar-refractivity contribution in [3.63, 3.8) is 0 Å². The summed E-state index contributed by atoms with van der Waals surface area (Å²) in [5, 5.41) is 12.5. The van der Waals surface area contributed by atoms with E-state index >= 15 is 0 Å². The van der Waals surface area contributed by atoms with E-state index < -0.39 is 0 Å². The minimum atomic E-state index is -0.293. The van der Waals surface area contributed by atoms with Crippen molar-refractivity contribution in [1.82, 2.24) is 25.1 Å². The SMILES string of the molecule is O=C(CSc1nnc(-c2ccco2)n1Cc1ccccc1)NC(c1ccccc1)c1cccnc1. The van der Waals surface area contributed by atoms with Crippen molar-refractivity contribution in [2.24, 2.45) is 0 Å². The minimum Gasteiger partial charge on any atom is -0.461 e. The van der Waals surface area contributed by atoms with Crippen molar-refractivity contribution in [1.29, 1.82) is 0 Å². The van der Waals surface area contributed by atoms with Crippen LogP contribution in [0.1, 0.15) is 22.7 Å². The molecular formula is C27H23N5O2S. The molecule has 1 amide bonds. The predicted molar refractivity (Wildman–Crippen MR) is 135 cm³/mol. The number of furan rings is 1. The van der Waals surface area contributed by atoms with Crippen LogP contribution in [-0.2, 0) is 11.3 Å². The topological polar surface area (TPSA) is 85.8 Å². The number of amides is 1. The zero-order chi connectivity index (χ0) is 23.9. The van der Waals surface area contributed by atoms with Crippen molar-refractivity contribution in [2.45, 2.75) is 17.7 Å². The van der Waals surface area contributed by atoms with E-state index in [1.54, 1.807) is 18.7 Å². The van der Waals surface area contributed by atoms with Crippen molar-refractivity contribution >= 4 is 17.7 Å². The zero-order valence-corrected chi connectivity index (χ0v) is 19.6. The monoisotopic (exact) mass is 481 g/mol. The fraction of sp³-hybridized carbons (Fsp3) is 0.111. The molecule has 7 nitrogen and oxygen atoms in total. The average molecular weight is 482 g/mol. The molecule has 2 aromatic carbocycles. The van der Waals surface area contributed by atoms with E-state index in [-0.39, 0.29) is 17.7 Å². The number of aromatic nitrogens is 4. The minimum absolute atomic E-state index is 0.110. The molecule has 0 aliphatic carbocycles. The molecule has 0 aliphatic heterocycles. The number of benzene rings is 2. The van der Waals surface area contributed by atoms with Crippen LogP contribution in [0.5, 0.6) is 0 Å². The van der Waals surface area contributed by atoms with E-state index in [9.17, 15) is 4.79 Å². The number of hydrogen-bond acceptors (Lipinski definition) is 6. The van der Waals surface area contributed by atoms with Crippen LogP contribution >= 0.6 is 11.8 Å². The molecule has 8 heteroatoms. The standard InChI is InChI=1S/C27H23N5O2S/c33-24(29-25(21-11-5-2-6-12-21)22-13-7-15-28-17-22)19-35-27-31-30-26(23-14-8-16-34-23)32(27)18-20-9-3-1-4-10-20/h1-17,25H,18-19H2,(H,29,33). The predicted octanol–water partition coefficient (Wildman–Crippen LogP) is 4.98. The van der Waals surface area contributed by atoms with Crippen LogP contribution in [0.4, 0.5) is 0 Å². The van der Waals surface area contributed by atoms with Gasteiger partial charge in [0.15, 0.2) is 10.9 Å². The van der Waals surface area contributed by atoms with Gasteiger partial charge in [0, 0.05) is 12.4 Å². The number of nitrogens with zero attached hydrogens (tertiary/aromatic N) is 4. The van der Waals surface area contributed by atoms with Crippen LogP contribution in [-0.4, -0.2) is 31.4 Å². The molecule has 174 valence electrons. The van der Waals surface area contributed by atoms with Crippen LogP contribution < -0.4 is 5.32 Å². The van der Waals surface area contributed by atoms with Crippen LogP contribution in [0.3, 0.4) is 0 Å². The van der Waals surface area contributed by atoms with Gasteiger partial charge in [-0.25, -0.2) is 0 Å². The van der Waals surface area contributed by atoms with Gasteiger partial charge in [-0.1, -0.05) is 78.5 Å². The number of nitrogens with one attached hydrogen (secondary N) is 1. The first kappa shape index (κ1) is 22.6. The summed E-state index contributed by atoms with van der Waals surface area (Å²) in [7, 11) is 0. The van der Waals surface area contributed by atoms with E-state index in [2.05, 4.69) is 20.5 Å². The van der Waals surface area contributed by atoms with Crippen molar-refractivity contribution in [3.8, 4) is 11.6 Å². The van der Waals surface area contributed by atoms with Crippen molar-refractivity contribution in [3.05, 3.63) is 120 Å². The maximum absolute atomic E-state index is 13.1. The van der Waals surface area contributed by atoms with Crippen LogP contribution in [0.15, 0.2) is 113 Å². The first-order valence-corrected chi connectivity index (χ1v) is 12.1. The fourth-order valence-corrected chi connectivity index (χ4v) is 4.53. The summed E-state index contributed by atoms with van der Waals surface area (Å²) in [6.45, 7) is 0.566. The Morgan fingerprint density at radius 3 is 2.40 bits per heavy atom. The second-order valence-corrected chi connectivity index (χ2v) is 8.78. The van der Waals surface area contributed by atoms with Crippen LogP contribution in [0, 0.1) is 0 Å². The summed E-state index contributed by atoms with van der Waals surface area (Å²) < 4.78 is 7.54. The summed E-state index contributed by atoms with van der Waals surface area (Å²) >= 11 is 1.34. The fourth-order valence-electron chi connectivity index (χ4n) is 3.78. The summed E-state index contributed by atoms with van der Waals surface area (Å²) in [5.41, 5.74) is 3.02. The molecule has 0 fully saturated rings. The van der Waals surface area contributed by atoms with Crippen LogP contribution in [0.25, 0.3) is 11.6 Å². The molecule has 0 radical (unpaired) electrons. The molecule has 1 atom stereocenters. The number of pyridine rings is 1. The van der Waals surface area contributed by atoms with Gasteiger partial charge in [0.05, 0.1) is 24.6 Å². The lowest BCUT2D eigenvalue weighted by atomic mass is 10.0.